The number of halogens is 1. The Bertz CT molecular complexity index is 566. The highest BCUT2D eigenvalue weighted by Gasteiger charge is 2.51. The number of rotatable bonds is 6. The van der Waals surface area contributed by atoms with E-state index in [4.69, 9.17) is 26.2 Å². The van der Waals surface area contributed by atoms with E-state index in [1.807, 2.05) is 11.4 Å². The van der Waals surface area contributed by atoms with Crippen LogP contribution in [-0.4, -0.2) is 54.0 Å². The molecule has 3 atom stereocenters. The van der Waals surface area contributed by atoms with Gasteiger partial charge in [-0.15, -0.1) is 11.3 Å². The predicted molar refractivity (Wildman–Crippen MR) is 89.1 cm³/mol. The molecule has 0 amide bonds. The molecular weight excluding hydrogens is 338 g/mol. The number of aliphatic carboxylic acids is 1. The lowest BCUT2D eigenvalue weighted by Crippen LogP contribution is -2.51. The molecule has 1 aliphatic carbocycles. The van der Waals surface area contributed by atoms with Crippen molar-refractivity contribution in [2.45, 2.75) is 50.0 Å². The van der Waals surface area contributed by atoms with E-state index in [0.717, 1.165) is 43.8 Å². The number of hydrogen-bond donors (Lipinski definition) is 1. The summed E-state index contributed by atoms with van der Waals surface area (Å²) in [4.78, 5) is 14.3. The van der Waals surface area contributed by atoms with Gasteiger partial charge in [-0.3, -0.25) is 4.90 Å². The number of ether oxygens (including phenoxy) is 2. The second kappa shape index (κ2) is 7.07. The van der Waals surface area contributed by atoms with Gasteiger partial charge >= 0.3 is 5.97 Å². The van der Waals surface area contributed by atoms with Crippen molar-refractivity contribution in [2.24, 2.45) is 0 Å². The predicted octanol–water partition coefficient (Wildman–Crippen LogP) is 3.01. The maximum absolute atomic E-state index is 10.7. The molecule has 0 spiro atoms. The Morgan fingerprint density at radius 2 is 2.39 bits per heavy atom. The largest absolute Gasteiger partial charge is 0.480 e. The molecule has 0 aromatic carbocycles. The van der Waals surface area contributed by atoms with E-state index >= 15 is 0 Å². The van der Waals surface area contributed by atoms with Crippen LogP contribution < -0.4 is 0 Å². The molecule has 1 aromatic rings. The second-order valence-corrected chi connectivity index (χ2v) is 7.71. The number of fused-ring (bicyclic) bond motifs is 1. The van der Waals surface area contributed by atoms with Gasteiger partial charge in [0.25, 0.3) is 0 Å². The lowest BCUT2D eigenvalue weighted by Gasteiger charge is -2.43. The molecular formula is C16H22ClNO4S. The number of carbonyl (C=O) groups is 1. The lowest BCUT2D eigenvalue weighted by molar-refractivity contribution is -0.148. The molecule has 2 aliphatic rings. The molecule has 2 fully saturated rings. The molecule has 7 heteroatoms. The fourth-order valence-corrected chi connectivity index (χ4v) is 5.03. The van der Waals surface area contributed by atoms with Crippen molar-refractivity contribution in [3.8, 4) is 0 Å². The van der Waals surface area contributed by atoms with Gasteiger partial charge in [0.1, 0.15) is 6.61 Å². The quantitative estimate of drug-likeness (QED) is 0.846. The van der Waals surface area contributed by atoms with Crippen LogP contribution in [0.1, 0.15) is 30.6 Å². The number of carboxylic acids is 1. The van der Waals surface area contributed by atoms with E-state index in [1.165, 1.54) is 4.88 Å². The molecule has 1 saturated heterocycles. The third kappa shape index (κ3) is 3.56. The first-order valence-electron chi connectivity index (χ1n) is 7.88. The van der Waals surface area contributed by atoms with Crippen molar-refractivity contribution in [3.05, 3.63) is 21.3 Å². The topological polar surface area (TPSA) is 59.0 Å². The summed E-state index contributed by atoms with van der Waals surface area (Å²) in [6.07, 6.45) is 3.56. The first-order chi connectivity index (χ1) is 11.0. The van der Waals surface area contributed by atoms with Crippen molar-refractivity contribution in [1.82, 2.24) is 4.90 Å². The molecule has 1 N–H and O–H groups in total. The summed E-state index contributed by atoms with van der Waals surface area (Å²) in [5.74, 6) is -0.915. The van der Waals surface area contributed by atoms with Crippen LogP contribution in [0.5, 0.6) is 0 Å². The minimum Gasteiger partial charge on any atom is -0.480 e. The average Bonchev–Trinajstić information content (AvgIpc) is 3.10. The van der Waals surface area contributed by atoms with E-state index in [9.17, 15) is 4.79 Å². The van der Waals surface area contributed by atoms with Crippen molar-refractivity contribution in [2.75, 3.05) is 20.3 Å². The fraction of sp³-hybridized carbons (Fsp3) is 0.688. The zero-order valence-corrected chi connectivity index (χ0v) is 14.7. The highest BCUT2D eigenvalue weighted by molar-refractivity contribution is 7.10. The van der Waals surface area contributed by atoms with Crippen LogP contribution in [0, 0.1) is 0 Å². The maximum Gasteiger partial charge on any atom is 0.329 e. The van der Waals surface area contributed by atoms with Crippen molar-refractivity contribution >= 4 is 28.9 Å². The molecule has 2 heterocycles. The van der Waals surface area contributed by atoms with Gasteiger partial charge in [0, 0.05) is 31.1 Å². The van der Waals surface area contributed by atoms with Crippen LogP contribution >= 0.6 is 22.9 Å². The smallest absolute Gasteiger partial charge is 0.329 e. The Morgan fingerprint density at radius 1 is 1.57 bits per heavy atom. The van der Waals surface area contributed by atoms with Gasteiger partial charge in [-0.2, -0.15) is 0 Å². The van der Waals surface area contributed by atoms with Crippen LogP contribution in [0.2, 0.25) is 5.02 Å². The Hall–Kier alpha value is -0.660. The van der Waals surface area contributed by atoms with E-state index < -0.39 is 5.97 Å². The number of hydrogen-bond acceptors (Lipinski definition) is 5. The van der Waals surface area contributed by atoms with Crippen molar-refractivity contribution < 1.29 is 19.4 Å². The van der Waals surface area contributed by atoms with Gasteiger partial charge in [-0.25, -0.2) is 4.79 Å². The van der Waals surface area contributed by atoms with E-state index in [0.29, 0.717) is 0 Å². The second-order valence-electron chi connectivity index (χ2n) is 6.30. The van der Waals surface area contributed by atoms with Gasteiger partial charge in [0.15, 0.2) is 0 Å². The molecule has 0 radical (unpaired) electrons. The molecule has 1 saturated carbocycles. The molecule has 0 unspecified atom stereocenters. The highest BCUT2D eigenvalue weighted by Crippen LogP contribution is 2.44. The van der Waals surface area contributed by atoms with E-state index in [-0.39, 0.29) is 24.4 Å². The first kappa shape index (κ1) is 17.2. The number of nitrogens with zero attached hydrogens (tertiary/aromatic N) is 1. The van der Waals surface area contributed by atoms with Gasteiger partial charge in [0.2, 0.25) is 0 Å². The molecule has 3 rings (SSSR count). The highest BCUT2D eigenvalue weighted by atomic mass is 35.5. The zero-order valence-electron chi connectivity index (χ0n) is 13.2. The van der Waals surface area contributed by atoms with Crippen molar-refractivity contribution in [3.63, 3.8) is 0 Å². The van der Waals surface area contributed by atoms with Gasteiger partial charge in [-0.1, -0.05) is 11.6 Å². The number of thiophene rings is 1. The summed E-state index contributed by atoms with van der Waals surface area (Å²) in [7, 11) is 1.78. The maximum atomic E-state index is 10.7. The molecule has 1 aromatic heterocycles. The van der Waals surface area contributed by atoms with Gasteiger partial charge < -0.3 is 14.6 Å². The third-order valence-electron chi connectivity index (χ3n) is 5.13. The average molecular weight is 360 g/mol. The number of carboxylic acid groups (broad SMARTS) is 1. The molecule has 0 bridgehead atoms. The zero-order chi connectivity index (χ0) is 16.4. The normalized spacial score (nSPS) is 31.2. The fourth-order valence-electron chi connectivity index (χ4n) is 3.91. The lowest BCUT2D eigenvalue weighted by atomic mass is 9.79. The Labute approximate surface area is 145 Å². The summed E-state index contributed by atoms with van der Waals surface area (Å²) in [5.41, 5.74) is -0.132. The van der Waals surface area contributed by atoms with Gasteiger partial charge in [0.05, 0.1) is 16.7 Å². The summed E-state index contributed by atoms with van der Waals surface area (Å²) in [5, 5.41) is 11.6. The summed E-state index contributed by atoms with van der Waals surface area (Å²) >= 11 is 7.91. The summed E-state index contributed by atoms with van der Waals surface area (Å²) in [6.45, 7) is 1.56. The molecule has 1 aliphatic heterocycles. The van der Waals surface area contributed by atoms with Gasteiger partial charge in [-0.05, 0) is 37.1 Å². The molecule has 128 valence electrons. The summed E-state index contributed by atoms with van der Waals surface area (Å²) < 4.78 is 11.5. The first-order valence-corrected chi connectivity index (χ1v) is 9.14. The standard InChI is InChI=1S/C16H22ClNO4S/c1-21-16-4-2-11(22-10-15(19)20)8-14(16)18(6-5-16)9-13-12(17)3-7-23-13/h3,7,11,14H,2,4-6,8-10H2,1H3,(H,19,20)/t11-,14-,16+/m0/s1. The number of likely N-dealkylation sites (tertiary alicyclic amines) is 1. The molecule has 5 nitrogen and oxygen atoms in total. The monoisotopic (exact) mass is 359 g/mol. The third-order valence-corrected chi connectivity index (χ3v) is 6.50. The minimum absolute atomic E-state index is 0.0150. The van der Waals surface area contributed by atoms with E-state index in [2.05, 4.69) is 4.90 Å². The van der Waals surface area contributed by atoms with Crippen LogP contribution in [0.15, 0.2) is 11.4 Å². The number of methoxy groups -OCH3 is 1. The van der Waals surface area contributed by atoms with Crippen LogP contribution in [-0.2, 0) is 20.8 Å². The van der Waals surface area contributed by atoms with E-state index in [1.54, 1.807) is 18.4 Å². The SMILES string of the molecule is CO[C@@]12CC[C@H](OCC(=O)O)C[C@@H]1N(Cc1sccc1Cl)CC2. The minimum atomic E-state index is -0.915. The Balaban J connectivity index is 1.70. The Morgan fingerprint density at radius 3 is 3.04 bits per heavy atom. The van der Waals surface area contributed by atoms with Crippen LogP contribution in [0.3, 0.4) is 0 Å². The Kier molecular flexibility index (Phi) is 5.28. The van der Waals surface area contributed by atoms with Crippen molar-refractivity contribution in [1.29, 1.82) is 0 Å². The van der Waals surface area contributed by atoms with Crippen LogP contribution in [0.4, 0.5) is 0 Å². The summed E-state index contributed by atoms with van der Waals surface area (Å²) in [6, 6.07) is 2.18. The molecule has 23 heavy (non-hydrogen) atoms. The van der Waals surface area contributed by atoms with Crippen LogP contribution in [0.25, 0.3) is 0 Å².